The summed E-state index contributed by atoms with van der Waals surface area (Å²) in [5.74, 6) is -2.17. The normalized spacial score (nSPS) is 20.6. The van der Waals surface area contributed by atoms with Crippen molar-refractivity contribution in [2.75, 3.05) is 6.26 Å². The summed E-state index contributed by atoms with van der Waals surface area (Å²) in [5.41, 5.74) is -4.62. The summed E-state index contributed by atoms with van der Waals surface area (Å²) in [6.07, 6.45) is 3.55. The summed E-state index contributed by atoms with van der Waals surface area (Å²) in [5, 5.41) is 21.3. The molecule has 2 aromatic heterocycles. The Morgan fingerprint density at radius 3 is 2.26 bits per heavy atom. The third kappa shape index (κ3) is 6.36. The van der Waals surface area contributed by atoms with Crippen LogP contribution < -0.4 is 4.40 Å². The van der Waals surface area contributed by atoms with Crippen LogP contribution in [0.25, 0.3) is 10.4 Å². The van der Waals surface area contributed by atoms with Crippen molar-refractivity contribution < 1.29 is 63.3 Å². The van der Waals surface area contributed by atoms with Crippen LogP contribution in [0, 0.1) is 22.0 Å². The number of halogens is 3. The summed E-state index contributed by atoms with van der Waals surface area (Å²) in [6, 6.07) is 5.12. The van der Waals surface area contributed by atoms with E-state index in [0.717, 1.165) is 6.26 Å². The molecule has 0 saturated carbocycles. The molecular weight excluding hydrogens is 685 g/mol. The number of thiazole rings is 1. The molecule has 21 heteroatoms. The summed E-state index contributed by atoms with van der Waals surface area (Å²) in [4.78, 5) is 39.2. The molecule has 0 radical (unpaired) electrons. The standard InChI is InChI=1S/C24H25N4O8S2.CHF3O3S/c1-12-17(16-9-26-11-25(3)23(22(26)37-16)38(4,34)35)20(27-19(12)18(13(2)29)21(27)30)24(31)36-10-14-5-7-15(8-6-14)28(32)33;2-1(3,4)8(5,6)7/h5-9,11-13,18-19,29H,10H2,1-4H3;(H,5,6,7)/q+1;/p-1/t12-,13+,18+,19+;/m0./s1. The van der Waals surface area contributed by atoms with E-state index < -0.39 is 54.4 Å². The lowest BCUT2D eigenvalue weighted by molar-refractivity contribution is -0.508. The van der Waals surface area contributed by atoms with Gasteiger partial charge in [-0.1, -0.05) is 18.3 Å². The summed E-state index contributed by atoms with van der Waals surface area (Å²) in [6.45, 7) is 3.22. The lowest BCUT2D eigenvalue weighted by Gasteiger charge is -2.46. The molecule has 2 aliphatic heterocycles. The van der Waals surface area contributed by atoms with Gasteiger partial charge in [0.05, 0.1) is 34.9 Å². The highest BCUT2D eigenvalue weighted by Crippen LogP contribution is 2.51. The van der Waals surface area contributed by atoms with Gasteiger partial charge in [0.25, 0.3) is 17.0 Å². The quantitative estimate of drug-likeness (QED) is 0.0706. The molecule has 1 saturated heterocycles. The van der Waals surface area contributed by atoms with Gasteiger partial charge in [-0.2, -0.15) is 17.6 Å². The van der Waals surface area contributed by atoms with E-state index in [9.17, 15) is 46.4 Å². The number of aliphatic hydroxyl groups is 1. The smallest absolute Gasteiger partial charge is 0.485 e. The molecule has 2 aliphatic rings. The van der Waals surface area contributed by atoms with Gasteiger partial charge < -0.3 is 19.3 Å². The van der Waals surface area contributed by atoms with Crippen LogP contribution >= 0.6 is 11.3 Å². The van der Waals surface area contributed by atoms with Crippen molar-refractivity contribution >= 4 is 59.3 Å². The number of hydrogen-bond donors (Lipinski definition) is 1. The average Bonchev–Trinajstić information content (AvgIpc) is 3.52. The second-order valence-corrected chi connectivity index (χ2v) is 14.9. The van der Waals surface area contributed by atoms with Gasteiger partial charge in [0.2, 0.25) is 20.6 Å². The van der Waals surface area contributed by atoms with E-state index in [2.05, 4.69) is 0 Å². The number of aromatic nitrogens is 2. The van der Waals surface area contributed by atoms with E-state index >= 15 is 0 Å². The van der Waals surface area contributed by atoms with Crippen LogP contribution in [0.4, 0.5) is 18.9 Å². The zero-order chi connectivity index (χ0) is 34.7. The first-order valence-corrected chi connectivity index (χ1v) is 17.1. The predicted octanol–water partition coefficient (Wildman–Crippen LogP) is 1.50. The Bertz CT molecular complexity index is 1980. The number of esters is 1. The monoisotopic (exact) mass is 710 g/mol. The van der Waals surface area contributed by atoms with Gasteiger partial charge in [-0.25, -0.2) is 26.2 Å². The number of imidazole rings is 1. The summed E-state index contributed by atoms with van der Waals surface area (Å²) < 4.78 is 92.5. The Kier molecular flexibility index (Phi) is 9.13. The number of sulfone groups is 1. The van der Waals surface area contributed by atoms with E-state index in [-0.39, 0.29) is 34.8 Å². The number of amides is 1. The highest BCUT2D eigenvalue weighted by atomic mass is 32.2. The van der Waals surface area contributed by atoms with Crippen molar-refractivity contribution in [2.45, 2.75) is 43.1 Å². The molecule has 250 valence electrons. The number of rotatable bonds is 7. The second kappa shape index (κ2) is 12.0. The van der Waals surface area contributed by atoms with E-state index in [1.165, 1.54) is 52.0 Å². The van der Waals surface area contributed by atoms with E-state index in [1.807, 2.05) is 6.92 Å². The van der Waals surface area contributed by atoms with Crippen LogP contribution in [0.3, 0.4) is 0 Å². The number of benzene rings is 1. The number of carbonyl (C=O) groups excluding carboxylic acids is 2. The average molecular weight is 711 g/mol. The second-order valence-electron chi connectivity index (χ2n) is 10.5. The summed E-state index contributed by atoms with van der Waals surface area (Å²) in [7, 11) is -8.01. The number of fused-ring (bicyclic) bond motifs is 2. The van der Waals surface area contributed by atoms with Crippen molar-refractivity contribution in [3.8, 4) is 0 Å². The lowest BCUT2D eigenvalue weighted by Crippen LogP contribution is -2.63. The maximum Gasteiger partial charge on any atom is 0.485 e. The van der Waals surface area contributed by atoms with Gasteiger partial charge in [0.1, 0.15) is 18.5 Å². The largest absolute Gasteiger partial charge is 0.741 e. The van der Waals surface area contributed by atoms with Crippen LogP contribution in [0.1, 0.15) is 24.3 Å². The minimum atomic E-state index is -6.09. The van der Waals surface area contributed by atoms with Gasteiger partial charge in [-0.3, -0.25) is 14.9 Å². The Hall–Kier alpha value is -3.92. The number of aliphatic hydroxyl groups excluding tert-OH is 1. The van der Waals surface area contributed by atoms with Crippen molar-refractivity contribution in [3.05, 3.63) is 63.0 Å². The van der Waals surface area contributed by atoms with Crippen molar-refractivity contribution in [1.29, 1.82) is 0 Å². The number of carbonyl (C=O) groups is 2. The molecule has 0 aliphatic carbocycles. The van der Waals surface area contributed by atoms with E-state index in [4.69, 9.17) is 17.7 Å². The van der Waals surface area contributed by atoms with Crippen molar-refractivity contribution in [3.63, 3.8) is 0 Å². The highest BCUT2D eigenvalue weighted by molar-refractivity contribution is 7.91. The van der Waals surface area contributed by atoms with Crippen LogP contribution in [0.5, 0.6) is 0 Å². The first kappa shape index (κ1) is 34.9. The van der Waals surface area contributed by atoms with Gasteiger partial charge in [0, 0.05) is 29.9 Å². The molecule has 0 spiro atoms. The lowest BCUT2D eigenvalue weighted by atomic mass is 9.77. The molecule has 5 rings (SSSR count). The Morgan fingerprint density at radius 2 is 1.78 bits per heavy atom. The minimum absolute atomic E-state index is 0.0566. The number of β-lactam (4-membered cyclic amide) rings is 1. The zero-order valence-corrected chi connectivity index (χ0v) is 26.6. The summed E-state index contributed by atoms with van der Waals surface area (Å²) >= 11 is 1.19. The third-order valence-corrected chi connectivity index (χ3v) is 10.3. The zero-order valence-electron chi connectivity index (χ0n) is 24.2. The van der Waals surface area contributed by atoms with Crippen molar-refractivity contribution in [2.24, 2.45) is 18.9 Å². The first-order valence-electron chi connectivity index (χ1n) is 12.9. The SMILES string of the molecule is C[C@@H](O)[C@H]1C(=O)N2C(C(=O)OCc3ccc([N+](=O)[O-])cc3)=C(c3c[n+]4cn(C)c(S(C)(=O)=O)c4s3)[C@H](C)[C@H]12.O=S(=O)([O-])C(F)(F)F. The number of nitrogens with zero attached hydrogens (tertiary/aromatic N) is 4. The fourth-order valence-electron chi connectivity index (χ4n) is 5.36. The Balaban J connectivity index is 0.000000533. The van der Waals surface area contributed by atoms with Gasteiger partial charge in [-0.05, 0) is 24.6 Å². The van der Waals surface area contributed by atoms with Gasteiger partial charge in [-0.15, -0.1) is 0 Å². The van der Waals surface area contributed by atoms with Gasteiger partial charge >= 0.3 is 11.5 Å². The number of non-ortho nitro benzene ring substituents is 1. The van der Waals surface area contributed by atoms with E-state index in [0.29, 0.717) is 20.8 Å². The number of alkyl halides is 3. The predicted molar refractivity (Wildman–Crippen MR) is 150 cm³/mol. The number of ether oxygens (including phenoxy) is 1. The van der Waals surface area contributed by atoms with Crippen molar-refractivity contribution in [1.82, 2.24) is 9.47 Å². The molecule has 15 nitrogen and oxygen atoms in total. The molecule has 3 aromatic rings. The minimum Gasteiger partial charge on any atom is -0.741 e. The third-order valence-electron chi connectivity index (χ3n) is 7.28. The maximum atomic E-state index is 13.4. The number of aryl methyl sites for hydroxylation is 1. The van der Waals surface area contributed by atoms with E-state index in [1.54, 1.807) is 24.0 Å². The fourth-order valence-corrected chi connectivity index (χ4v) is 8.13. The Morgan fingerprint density at radius 1 is 1.22 bits per heavy atom. The molecule has 1 amide bonds. The molecule has 4 heterocycles. The molecule has 0 unspecified atom stereocenters. The fraction of sp³-hybridized carbons (Fsp3) is 0.400. The van der Waals surface area contributed by atoms with Crippen LogP contribution in [0.15, 0.2) is 47.5 Å². The molecule has 46 heavy (non-hydrogen) atoms. The molecule has 0 bridgehead atoms. The maximum absolute atomic E-state index is 13.4. The number of nitro benzene ring substituents is 1. The Labute approximate surface area is 262 Å². The topological polar surface area (TPSA) is 210 Å². The van der Waals surface area contributed by atoms with Crippen LogP contribution in [-0.2, 0) is 47.9 Å². The molecule has 1 aromatic carbocycles. The molecule has 4 atom stereocenters. The highest BCUT2D eigenvalue weighted by Gasteiger charge is 2.60. The molecular formula is C25H25F3N4O11S3. The van der Waals surface area contributed by atoms with Crippen LogP contribution in [-0.4, -0.2) is 76.7 Å². The van der Waals surface area contributed by atoms with Gasteiger partial charge in [0.15, 0.2) is 10.1 Å². The number of hydrogen-bond acceptors (Lipinski definition) is 12. The molecule has 1 N–H and O–H groups in total. The molecule has 1 fully saturated rings. The first-order chi connectivity index (χ1) is 21.1. The van der Waals surface area contributed by atoms with Crippen LogP contribution in [0.2, 0.25) is 0 Å². The number of nitro groups is 1.